The molecule has 0 spiro atoms. The van der Waals surface area contributed by atoms with Crippen molar-refractivity contribution in [2.24, 2.45) is 0 Å². The first-order valence-electron chi connectivity index (χ1n) is 11.2. The minimum Gasteiger partial charge on any atom is -0.493 e. The quantitative estimate of drug-likeness (QED) is 0.462. The summed E-state index contributed by atoms with van der Waals surface area (Å²) in [5, 5.41) is 0. The Hall–Kier alpha value is -3.07. The number of rotatable bonds is 9. The first-order chi connectivity index (χ1) is 16.5. The van der Waals surface area contributed by atoms with E-state index in [1.54, 1.807) is 12.1 Å². The normalized spacial score (nSPS) is 15.1. The molecule has 0 amide bonds. The Bertz CT molecular complexity index is 1190. The van der Waals surface area contributed by atoms with Crippen molar-refractivity contribution in [3.8, 4) is 17.2 Å². The van der Waals surface area contributed by atoms with Crippen LogP contribution in [0.1, 0.15) is 11.1 Å². The van der Waals surface area contributed by atoms with E-state index in [4.69, 9.17) is 14.2 Å². The molecule has 1 saturated heterocycles. The molecule has 4 rings (SSSR count). The zero-order chi connectivity index (χ0) is 24.0. The molecule has 0 aromatic heterocycles. The van der Waals surface area contributed by atoms with Crippen LogP contribution in [0.2, 0.25) is 0 Å². The molecule has 8 heteroatoms. The number of hydrogen-bond acceptors (Lipinski definition) is 6. The van der Waals surface area contributed by atoms with Crippen LogP contribution in [0.5, 0.6) is 17.2 Å². The second kappa shape index (κ2) is 10.9. The molecule has 0 unspecified atom stereocenters. The number of nitrogens with zero attached hydrogens (tertiary/aromatic N) is 2. The van der Waals surface area contributed by atoms with E-state index in [0.717, 1.165) is 16.9 Å². The highest BCUT2D eigenvalue weighted by Gasteiger charge is 2.29. The summed E-state index contributed by atoms with van der Waals surface area (Å²) in [5.74, 6) is 1.75. The maximum Gasteiger partial charge on any atom is 0.243 e. The van der Waals surface area contributed by atoms with E-state index in [-0.39, 0.29) is 4.90 Å². The van der Waals surface area contributed by atoms with Crippen LogP contribution in [0.3, 0.4) is 0 Å². The summed E-state index contributed by atoms with van der Waals surface area (Å²) in [4.78, 5) is 2.46. The van der Waals surface area contributed by atoms with Gasteiger partial charge in [-0.1, -0.05) is 48.5 Å². The fourth-order valence-corrected chi connectivity index (χ4v) is 5.44. The Morgan fingerprint density at radius 1 is 0.765 bits per heavy atom. The summed E-state index contributed by atoms with van der Waals surface area (Å²) in [6.45, 7) is 3.33. The van der Waals surface area contributed by atoms with E-state index >= 15 is 0 Å². The van der Waals surface area contributed by atoms with Crippen LogP contribution in [0, 0.1) is 0 Å². The lowest BCUT2D eigenvalue weighted by Crippen LogP contribution is -2.48. The second-order valence-corrected chi connectivity index (χ2v) is 10.0. The van der Waals surface area contributed by atoms with E-state index in [0.29, 0.717) is 50.8 Å². The van der Waals surface area contributed by atoms with Crippen LogP contribution in [0.15, 0.2) is 77.7 Å². The van der Waals surface area contributed by atoms with Crippen LogP contribution in [-0.2, 0) is 23.2 Å². The molecule has 0 atom stereocenters. The lowest BCUT2D eigenvalue weighted by Gasteiger charge is -2.34. The summed E-state index contributed by atoms with van der Waals surface area (Å²) in [7, 11) is -0.598. The molecule has 1 aliphatic rings. The molecule has 7 nitrogen and oxygen atoms in total. The largest absolute Gasteiger partial charge is 0.493 e. The standard InChI is InChI=1S/C26H30N2O5S/c1-31-25-13-12-23(18-26(25)32-2)34(29,30)28-16-14-27(15-17-28)19-22-10-6-7-11-24(22)33-20-21-8-4-3-5-9-21/h3-13,18H,14-17,19-20H2,1-2H3. The second-order valence-electron chi connectivity index (χ2n) is 8.08. The summed E-state index contributed by atoms with van der Waals surface area (Å²) in [5.41, 5.74) is 2.21. The van der Waals surface area contributed by atoms with E-state index in [2.05, 4.69) is 11.0 Å². The summed E-state index contributed by atoms with van der Waals surface area (Å²) < 4.78 is 44.5. The van der Waals surface area contributed by atoms with Gasteiger partial charge in [0.1, 0.15) is 12.4 Å². The van der Waals surface area contributed by atoms with Gasteiger partial charge in [-0.3, -0.25) is 4.90 Å². The van der Waals surface area contributed by atoms with Gasteiger partial charge in [-0.25, -0.2) is 8.42 Å². The van der Waals surface area contributed by atoms with E-state index in [1.165, 1.54) is 24.6 Å². The average molecular weight is 483 g/mol. The fourth-order valence-electron chi connectivity index (χ4n) is 4.01. The third-order valence-corrected chi connectivity index (χ3v) is 7.82. The van der Waals surface area contributed by atoms with Crippen LogP contribution >= 0.6 is 0 Å². The van der Waals surface area contributed by atoms with Crippen molar-refractivity contribution in [1.29, 1.82) is 0 Å². The summed E-state index contributed by atoms with van der Waals surface area (Å²) >= 11 is 0. The third-order valence-electron chi connectivity index (χ3n) is 5.93. The number of piperazine rings is 1. The fraction of sp³-hybridized carbons (Fsp3) is 0.308. The Morgan fingerprint density at radius 3 is 2.15 bits per heavy atom. The molecule has 0 aliphatic carbocycles. The first-order valence-corrected chi connectivity index (χ1v) is 12.6. The van der Waals surface area contributed by atoms with E-state index < -0.39 is 10.0 Å². The van der Waals surface area contributed by atoms with Crippen molar-refractivity contribution in [2.45, 2.75) is 18.0 Å². The van der Waals surface area contributed by atoms with Crippen LogP contribution in [0.25, 0.3) is 0 Å². The lowest BCUT2D eigenvalue weighted by atomic mass is 10.1. The van der Waals surface area contributed by atoms with Crippen molar-refractivity contribution in [1.82, 2.24) is 9.21 Å². The van der Waals surface area contributed by atoms with Crippen LogP contribution in [-0.4, -0.2) is 58.0 Å². The van der Waals surface area contributed by atoms with Crippen molar-refractivity contribution in [3.63, 3.8) is 0 Å². The topological polar surface area (TPSA) is 68.3 Å². The highest BCUT2D eigenvalue weighted by Crippen LogP contribution is 2.31. The molecule has 1 heterocycles. The molecule has 3 aromatic carbocycles. The Balaban J connectivity index is 1.38. The van der Waals surface area contributed by atoms with Gasteiger partial charge in [0.05, 0.1) is 19.1 Å². The minimum absolute atomic E-state index is 0.207. The molecule has 0 saturated carbocycles. The van der Waals surface area contributed by atoms with Gasteiger partial charge < -0.3 is 14.2 Å². The lowest BCUT2D eigenvalue weighted by molar-refractivity contribution is 0.178. The maximum absolute atomic E-state index is 13.2. The number of hydrogen-bond donors (Lipinski definition) is 0. The third kappa shape index (κ3) is 5.52. The Kier molecular flexibility index (Phi) is 7.72. The van der Waals surface area contributed by atoms with Gasteiger partial charge in [-0.2, -0.15) is 4.31 Å². The number of para-hydroxylation sites is 1. The van der Waals surface area contributed by atoms with Gasteiger partial charge in [0.25, 0.3) is 0 Å². The monoisotopic (exact) mass is 482 g/mol. The van der Waals surface area contributed by atoms with Gasteiger partial charge in [-0.05, 0) is 23.8 Å². The van der Waals surface area contributed by atoms with Gasteiger partial charge >= 0.3 is 0 Å². The predicted octanol–water partition coefficient (Wildman–Crippen LogP) is 3.79. The maximum atomic E-state index is 13.2. The number of sulfonamides is 1. The van der Waals surface area contributed by atoms with Crippen molar-refractivity contribution in [3.05, 3.63) is 83.9 Å². The molecule has 0 N–H and O–H groups in total. The molecule has 180 valence electrons. The molecule has 3 aromatic rings. The number of ether oxygens (including phenoxy) is 3. The molecule has 0 radical (unpaired) electrons. The number of benzene rings is 3. The smallest absolute Gasteiger partial charge is 0.243 e. The van der Waals surface area contributed by atoms with Crippen LogP contribution < -0.4 is 14.2 Å². The van der Waals surface area contributed by atoms with Gasteiger partial charge in [0, 0.05) is 44.4 Å². The summed E-state index contributed by atoms with van der Waals surface area (Å²) in [6.07, 6.45) is 0. The van der Waals surface area contributed by atoms with Crippen molar-refractivity contribution in [2.75, 3.05) is 40.4 Å². The molecule has 0 bridgehead atoms. The zero-order valence-corrected chi connectivity index (χ0v) is 20.3. The van der Waals surface area contributed by atoms with Crippen molar-refractivity contribution >= 4 is 10.0 Å². The first kappa shape index (κ1) is 24.1. The van der Waals surface area contributed by atoms with E-state index in [1.807, 2.05) is 48.5 Å². The van der Waals surface area contributed by atoms with E-state index in [9.17, 15) is 8.42 Å². The zero-order valence-electron chi connectivity index (χ0n) is 19.5. The Morgan fingerprint density at radius 2 is 1.44 bits per heavy atom. The van der Waals surface area contributed by atoms with Gasteiger partial charge in [0.15, 0.2) is 11.5 Å². The molecular weight excluding hydrogens is 452 g/mol. The van der Waals surface area contributed by atoms with Gasteiger partial charge in [-0.15, -0.1) is 0 Å². The van der Waals surface area contributed by atoms with Crippen molar-refractivity contribution < 1.29 is 22.6 Å². The number of methoxy groups -OCH3 is 2. The molecule has 1 aliphatic heterocycles. The average Bonchev–Trinajstić information content (AvgIpc) is 2.88. The van der Waals surface area contributed by atoms with Crippen LogP contribution in [0.4, 0.5) is 0 Å². The minimum atomic E-state index is -3.62. The molecular formula is C26H30N2O5S. The molecule has 1 fully saturated rings. The van der Waals surface area contributed by atoms with Gasteiger partial charge in [0.2, 0.25) is 10.0 Å². The molecule has 34 heavy (non-hydrogen) atoms. The summed E-state index contributed by atoms with van der Waals surface area (Å²) in [6, 6.07) is 22.8. The highest BCUT2D eigenvalue weighted by molar-refractivity contribution is 7.89. The predicted molar refractivity (Wildman–Crippen MR) is 131 cm³/mol. The highest BCUT2D eigenvalue weighted by atomic mass is 32.2. The SMILES string of the molecule is COc1ccc(S(=O)(=O)N2CCN(Cc3ccccc3OCc3ccccc3)CC2)cc1OC. The Labute approximate surface area is 201 Å².